The van der Waals surface area contributed by atoms with Crippen LogP contribution in [0.3, 0.4) is 0 Å². The second-order valence-corrected chi connectivity index (χ2v) is 5.10. The van der Waals surface area contributed by atoms with Gasteiger partial charge < -0.3 is 5.32 Å². The molecule has 0 aliphatic heterocycles. The van der Waals surface area contributed by atoms with Gasteiger partial charge in [0.1, 0.15) is 0 Å². The van der Waals surface area contributed by atoms with Crippen molar-refractivity contribution in [2.45, 2.75) is 19.9 Å². The minimum atomic E-state index is -0.605. The lowest BCUT2D eigenvalue weighted by Gasteiger charge is -2.06. The summed E-state index contributed by atoms with van der Waals surface area (Å²) in [7, 11) is 0. The number of carbonyl (C=O) groups is 1. The van der Waals surface area contributed by atoms with Crippen LogP contribution in [0.1, 0.15) is 12.0 Å². The maximum atomic E-state index is 11.9. The minimum Gasteiger partial charge on any atom is -0.326 e. The van der Waals surface area contributed by atoms with Gasteiger partial charge in [0.25, 0.3) is 0 Å². The van der Waals surface area contributed by atoms with E-state index in [1.165, 1.54) is 0 Å². The van der Waals surface area contributed by atoms with Crippen LogP contribution >= 0.6 is 0 Å². The molecule has 2 N–H and O–H groups in total. The zero-order valence-corrected chi connectivity index (χ0v) is 12.4. The van der Waals surface area contributed by atoms with Crippen LogP contribution in [-0.4, -0.2) is 25.8 Å². The molecule has 0 aliphatic rings. The molecule has 0 atom stereocenters. The Kier molecular flexibility index (Phi) is 4.05. The maximum absolute atomic E-state index is 11.9. The number of benzene rings is 1. The van der Waals surface area contributed by atoms with Crippen molar-refractivity contribution in [3.63, 3.8) is 0 Å². The molecule has 0 spiro atoms. The summed E-state index contributed by atoms with van der Waals surface area (Å²) in [4.78, 5) is 25.3. The molecule has 0 saturated carbocycles. The molecule has 8 heteroatoms. The molecule has 118 valence electrons. The van der Waals surface area contributed by atoms with E-state index in [0.29, 0.717) is 30.0 Å². The van der Waals surface area contributed by atoms with Crippen LogP contribution in [-0.2, 0) is 11.3 Å². The number of aromatic amines is 1. The topological polar surface area (TPSA) is 106 Å². The number of aryl methyl sites for hydroxylation is 2. The van der Waals surface area contributed by atoms with Crippen molar-refractivity contribution in [3.05, 3.63) is 52.8 Å². The van der Waals surface area contributed by atoms with Crippen molar-refractivity contribution in [2.24, 2.45) is 0 Å². The molecule has 0 aliphatic carbocycles. The predicted octanol–water partition coefficient (Wildman–Crippen LogP) is 1.56. The highest BCUT2D eigenvalue weighted by Gasteiger charge is 2.06. The molecule has 0 radical (unpaired) electrons. The highest BCUT2D eigenvalue weighted by atomic mass is 16.5. The molecule has 0 unspecified atom stereocenters. The van der Waals surface area contributed by atoms with Gasteiger partial charge in [0.2, 0.25) is 5.91 Å². The Hall–Kier alpha value is -3.16. The summed E-state index contributed by atoms with van der Waals surface area (Å²) in [5, 5.41) is 10.5. The fraction of sp³-hybridized carbons (Fsp3) is 0.200. The normalized spacial score (nSPS) is 10.7. The van der Waals surface area contributed by atoms with Crippen molar-refractivity contribution in [3.8, 4) is 11.4 Å². The molecule has 1 aromatic carbocycles. The van der Waals surface area contributed by atoms with Crippen molar-refractivity contribution in [1.82, 2.24) is 19.9 Å². The molecule has 23 heavy (non-hydrogen) atoms. The van der Waals surface area contributed by atoms with Gasteiger partial charge in [-0.15, -0.1) is 0 Å². The molecular weight excluding hydrogens is 298 g/mol. The van der Waals surface area contributed by atoms with Crippen LogP contribution in [0.2, 0.25) is 0 Å². The fourth-order valence-corrected chi connectivity index (χ4v) is 2.09. The summed E-state index contributed by atoms with van der Waals surface area (Å²) in [5.41, 5.74) is 2.42. The average molecular weight is 313 g/mol. The van der Waals surface area contributed by atoms with E-state index in [0.717, 1.165) is 5.56 Å². The molecule has 0 saturated heterocycles. The van der Waals surface area contributed by atoms with E-state index in [9.17, 15) is 9.59 Å². The first kappa shape index (κ1) is 14.8. The van der Waals surface area contributed by atoms with E-state index < -0.39 is 5.76 Å². The number of aromatic nitrogens is 4. The number of nitrogens with one attached hydrogen (secondary N) is 2. The highest BCUT2D eigenvalue weighted by molar-refractivity contribution is 5.90. The van der Waals surface area contributed by atoms with Gasteiger partial charge in [-0.3, -0.25) is 19.0 Å². The molecule has 2 heterocycles. The number of anilines is 1. The lowest BCUT2D eigenvalue weighted by atomic mass is 10.2. The van der Waals surface area contributed by atoms with Gasteiger partial charge in [0.15, 0.2) is 5.82 Å². The number of hydrogen-bond donors (Lipinski definition) is 2. The zero-order valence-electron chi connectivity index (χ0n) is 12.4. The third-order valence-electron chi connectivity index (χ3n) is 3.21. The number of H-pyrrole nitrogens is 1. The summed E-state index contributed by atoms with van der Waals surface area (Å²) >= 11 is 0. The van der Waals surface area contributed by atoms with E-state index in [4.69, 9.17) is 0 Å². The van der Waals surface area contributed by atoms with Gasteiger partial charge in [0, 0.05) is 30.4 Å². The second kappa shape index (κ2) is 6.30. The molecule has 2 aromatic heterocycles. The Morgan fingerprint density at radius 2 is 2.13 bits per heavy atom. The average Bonchev–Trinajstić information content (AvgIpc) is 3.15. The number of nitrogens with zero attached hydrogens (tertiary/aromatic N) is 3. The Morgan fingerprint density at radius 1 is 1.35 bits per heavy atom. The quantitative estimate of drug-likeness (QED) is 0.743. The fourth-order valence-electron chi connectivity index (χ4n) is 2.09. The third-order valence-corrected chi connectivity index (χ3v) is 3.21. The second-order valence-electron chi connectivity index (χ2n) is 5.10. The maximum Gasteiger partial charge on any atom is 0.439 e. The number of rotatable bonds is 5. The Balaban J connectivity index is 1.57. The van der Waals surface area contributed by atoms with Gasteiger partial charge in [0.05, 0.1) is 6.20 Å². The van der Waals surface area contributed by atoms with Crippen molar-refractivity contribution in [2.75, 3.05) is 5.32 Å². The van der Waals surface area contributed by atoms with E-state index in [1.54, 1.807) is 35.1 Å². The molecule has 0 fully saturated rings. The van der Waals surface area contributed by atoms with Gasteiger partial charge in [-0.1, -0.05) is 5.16 Å². The van der Waals surface area contributed by atoms with Crippen LogP contribution in [0, 0.1) is 6.92 Å². The van der Waals surface area contributed by atoms with Crippen molar-refractivity contribution in [1.29, 1.82) is 0 Å². The van der Waals surface area contributed by atoms with E-state index >= 15 is 0 Å². The largest absolute Gasteiger partial charge is 0.439 e. The van der Waals surface area contributed by atoms with Gasteiger partial charge >= 0.3 is 5.76 Å². The summed E-state index contributed by atoms with van der Waals surface area (Å²) in [5.74, 6) is -0.353. The van der Waals surface area contributed by atoms with E-state index in [1.807, 2.05) is 13.1 Å². The summed E-state index contributed by atoms with van der Waals surface area (Å²) in [6, 6.07) is 6.94. The first-order chi connectivity index (χ1) is 11.1. The Morgan fingerprint density at radius 3 is 2.74 bits per heavy atom. The van der Waals surface area contributed by atoms with Gasteiger partial charge in [-0.25, -0.2) is 4.79 Å². The highest BCUT2D eigenvalue weighted by Crippen LogP contribution is 2.17. The molecular formula is C15H15N5O3. The van der Waals surface area contributed by atoms with E-state index in [-0.39, 0.29) is 5.91 Å². The first-order valence-electron chi connectivity index (χ1n) is 7.05. The molecule has 3 aromatic rings. The zero-order chi connectivity index (χ0) is 16.2. The van der Waals surface area contributed by atoms with E-state index in [2.05, 4.69) is 25.1 Å². The SMILES string of the molecule is Cc1cnn(CCC(=O)Nc2ccc(-c3noc(=O)[nH]3)cc2)c1. The standard InChI is InChI=1S/C15H15N5O3/c1-10-8-16-20(9-10)7-6-13(21)17-12-4-2-11(3-5-12)14-18-15(22)23-19-14/h2-5,8-9H,6-7H2,1H3,(H,17,21)(H,18,19,22). The predicted molar refractivity (Wildman–Crippen MR) is 82.8 cm³/mol. The number of carbonyl (C=O) groups excluding carboxylic acids is 1. The molecule has 3 rings (SSSR count). The van der Waals surface area contributed by atoms with Crippen molar-refractivity contribution < 1.29 is 9.32 Å². The summed E-state index contributed by atoms with van der Waals surface area (Å²) in [6.07, 6.45) is 3.98. The third kappa shape index (κ3) is 3.73. The Labute approximate surface area is 131 Å². The van der Waals surface area contributed by atoms with Crippen molar-refractivity contribution >= 4 is 11.6 Å². The van der Waals surface area contributed by atoms with Gasteiger partial charge in [-0.2, -0.15) is 5.10 Å². The van der Waals surface area contributed by atoms with Gasteiger partial charge in [-0.05, 0) is 36.8 Å². The monoisotopic (exact) mass is 313 g/mol. The lowest BCUT2D eigenvalue weighted by Crippen LogP contribution is -2.14. The molecule has 1 amide bonds. The summed E-state index contributed by atoms with van der Waals surface area (Å²) < 4.78 is 6.19. The number of amides is 1. The van der Waals surface area contributed by atoms with Crippen LogP contribution in [0.4, 0.5) is 5.69 Å². The Bertz CT molecular complexity index is 860. The smallest absolute Gasteiger partial charge is 0.326 e. The number of hydrogen-bond acceptors (Lipinski definition) is 5. The summed E-state index contributed by atoms with van der Waals surface area (Å²) in [6.45, 7) is 2.48. The van der Waals surface area contributed by atoms with Crippen LogP contribution in [0.5, 0.6) is 0 Å². The van der Waals surface area contributed by atoms with Crippen LogP contribution < -0.4 is 11.1 Å². The van der Waals surface area contributed by atoms with Crippen LogP contribution in [0.15, 0.2) is 46.0 Å². The first-order valence-corrected chi connectivity index (χ1v) is 7.05. The van der Waals surface area contributed by atoms with Crippen LogP contribution in [0.25, 0.3) is 11.4 Å². The lowest BCUT2D eigenvalue weighted by molar-refractivity contribution is -0.116. The molecule has 0 bridgehead atoms. The minimum absolute atomic E-state index is 0.0965. The molecule has 8 nitrogen and oxygen atoms in total.